The highest BCUT2D eigenvalue weighted by molar-refractivity contribution is 5.93. The lowest BCUT2D eigenvalue weighted by molar-refractivity contribution is -0.125. The maximum Gasteiger partial charge on any atom is 0.413 e. The summed E-state index contributed by atoms with van der Waals surface area (Å²) in [4.78, 5) is 37.2. The molecule has 0 unspecified atom stereocenters. The molecule has 1 atom stereocenters. The summed E-state index contributed by atoms with van der Waals surface area (Å²) in [5.74, 6) is 0.497. The van der Waals surface area contributed by atoms with Crippen molar-refractivity contribution in [1.82, 2.24) is 15.5 Å². The first-order valence-electron chi connectivity index (χ1n) is 9.04. The van der Waals surface area contributed by atoms with Crippen LogP contribution in [0.2, 0.25) is 0 Å². The Kier molecular flexibility index (Phi) is 9.80. The molecule has 9 heteroatoms. The van der Waals surface area contributed by atoms with Gasteiger partial charge >= 0.3 is 6.09 Å². The van der Waals surface area contributed by atoms with E-state index in [0.717, 1.165) is 5.56 Å². The van der Waals surface area contributed by atoms with Crippen molar-refractivity contribution in [3.05, 3.63) is 23.8 Å². The highest BCUT2D eigenvalue weighted by atomic mass is 16.5. The van der Waals surface area contributed by atoms with Crippen LogP contribution >= 0.6 is 0 Å². The Morgan fingerprint density at radius 1 is 1.07 bits per heavy atom. The van der Waals surface area contributed by atoms with Crippen LogP contribution in [0.25, 0.3) is 0 Å². The zero-order valence-electron chi connectivity index (χ0n) is 17.0. The van der Waals surface area contributed by atoms with Gasteiger partial charge in [0.15, 0.2) is 0 Å². The van der Waals surface area contributed by atoms with Crippen molar-refractivity contribution in [2.45, 2.75) is 26.8 Å². The average molecular weight is 395 g/mol. The lowest BCUT2D eigenvalue weighted by Gasteiger charge is -2.22. The Hall–Kier alpha value is -2.81. The number of hydrogen-bond donors (Lipinski definition) is 2. The number of carbonyl (C=O) groups excluding carboxylic acids is 3. The second-order valence-electron chi connectivity index (χ2n) is 5.97. The van der Waals surface area contributed by atoms with Gasteiger partial charge in [0.2, 0.25) is 11.8 Å². The molecule has 0 aliphatic rings. The van der Waals surface area contributed by atoms with Crippen LogP contribution in [0.15, 0.2) is 18.2 Å². The van der Waals surface area contributed by atoms with Crippen molar-refractivity contribution in [2.75, 3.05) is 40.5 Å². The van der Waals surface area contributed by atoms with E-state index in [-0.39, 0.29) is 31.6 Å². The molecule has 0 radical (unpaired) electrons. The number of hydrogen-bond acceptors (Lipinski definition) is 7. The summed E-state index contributed by atoms with van der Waals surface area (Å²) in [6.45, 7) is 5.83. The molecule has 0 fully saturated rings. The first-order chi connectivity index (χ1) is 13.3. The number of ether oxygens (including phenoxy) is 3. The maximum absolute atomic E-state index is 12.4. The summed E-state index contributed by atoms with van der Waals surface area (Å²) in [6.07, 6.45) is -0.799. The van der Waals surface area contributed by atoms with Crippen molar-refractivity contribution in [1.29, 1.82) is 0 Å². The molecule has 28 heavy (non-hydrogen) atoms. The maximum atomic E-state index is 12.4. The lowest BCUT2D eigenvalue weighted by atomic mass is 10.1. The lowest BCUT2D eigenvalue weighted by Crippen LogP contribution is -2.44. The summed E-state index contributed by atoms with van der Waals surface area (Å²) in [5, 5.41) is 4.99. The minimum absolute atomic E-state index is 0.00334. The number of likely N-dealkylation sites (N-methyl/N-ethyl adjacent to an activating group) is 1. The number of alkyl carbamates (subject to hydrolysis) is 1. The zero-order valence-corrected chi connectivity index (χ0v) is 17.0. The van der Waals surface area contributed by atoms with E-state index in [4.69, 9.17) is 9.47 Å². The molecule has 156 valence electrons. The average Bonchev–Trinajstić information content (AvgIpc) is 2.66. The molecule has 9 nitrogen and oxygen atoms in total. The Balaban J connectivity index is 2.66. The van der Waals surface area contributed by atoms with E-state index in [1.165, 1.54) is 0 Å². The molecule has 0 bridgehead atoms. The van der Waals surface area contributed by atoms with Crippen LogP contribution in [0.3, 0.4) is 0 Å². The number of rotatable bonds is 10. The zero-order chi connectivity index (χ0) is 21.1. The van der Waals surface area contributed by atoms with Gasteiger partial charge in [-0.2, -0.15) is 0 Å². The SMILES string of the molecule is CCOC(=O)NC(=O)CN(CC)CC(=O)N[C@@H](C)c1cc(OC)ccc1OC. The first kappa shape index (κ1) is 23.2. The van der Waals surface area contributed by atoms with Gasteiger partial charge in [-0.1, -0.05) is 6.92 Å². The minimum Gasteiger partial charge on any atom is -0.497 e. The second kappa shape index (κ2) is 11.8. The topological polar surface area (TPSA) is 106 Å². The first-order valence-corrected chi connectivity index (χ1v) is 9.04. The third kappa shape index (κ3) is 7.43. The molecule has 0 heterocycles. The number of imide groups is 1. The highest BCUT2D eigenvalue weighted by Gasteiger charge is 2.19. The van der Waals surface area contributed by atoms with Crippen molar-refractivity contribution >= 4 is 17.9 Å². The second-order valence-corrected chi connectivity index (χ2v) is 5.97. The Labute approximate surface area is 165 Å². The third-order valence-electron chi connectivity index (χ3n) is 3.98. The molecule has 3 amide bonds. The predicted octanol–water partition coefficient (Wildman–Crippen LogP) is 1.48. The van der Waals surface area contributed by atoms with E-state index in [2.05, 4.69) is 15.4 Å². The van der Waals surface area contributed by atoms with Gasteiger partial charge in [0.25, 0.3) is 0 Å². The minimum atomic E-state index is -0.799. The van der Waals surface area contributed by atoms with Gasteiger partial charge in [0.05, 0.1) is 40.0 Å². The van der Waals surface area contributed by atoms with E-state index in [1.807, 2.05) is 13.8 Å². The van der Waals surface area contributed by atoms with Crippen LogP contribution in [0, 0.1) is 0 Å². The van der Waals surface area contributed by atoms with Gasteiger partial charge in [0, 0.05) is 5.56 Å². The standard InChI is InChI=1S/C19H29N3O6/c1-6-22(12-18(24)21-19(25)28-7-2)11-17(23)20-13(3)15-10-14(26-4)8-9-16(15)27-5/h8-10,13H,6-7,11-12H2,1-5H3,(H,20,23)(H,21,24,25)/t13-/m0/s1. The molecule has 1 aromatic carbocycles. The molecule has 0 saturated heterocycles. The fourth-order valence-corrected chi connectivity index (χ4v) is 2.55. The predicted molar refractivity (Wildman–Crippen MR) is 103 cm³/mol. The van der Waals surface area contributed by atoms with Gasteiger partial charge in [-0.3, -0.25) is 19.8 Å². The van der Waals surface area contributed by atoms with Crippen molar-refractivity contribution in [3.63, 3.8) is 0 Å². The van der Waals surface area contributed by atoms with E-state index >= 15 is 0 Å². The van der Waals surface area contributed by atoms with Crippen LogP contribution in [-0.4, -0.2) is 63.3 Å². The summed E-state index contributed by atoms with van der Waals surface area (Å²) in [7, 11) is 3.12. The molecular weight excluding hydrogens is 366 g/mol. The number of nitrogens with one attached hydrogen (secondary N) is 2. The molecule has 0 spiro atoms. The smallest absolute Gasteiger partial charge is 0.413 e. The van der Waals surface area contributed by atoms with E-state index in [9.17, 15) is 14.4 Å². The van der Waals surface area contributed by atoms with Crippen molar-refractivity contribution < 1.29 is 28.6 Å². The summed E-state index contributed by atoms with van der Waals surface area (Å²) in [6, 6.07) is 5.02. The molecule has 1 rings (SSSR count). The van der Waals surface area contributed by atoms with Gasteiger partial charge < -0.3 is 19.5 Å². The van der Waals surface area contributed by atoms with E-state index in [1.54, 1.807) is 44.2 Å². The molecule has 0 aromatic heterocycles. The fraction of sp³-hybridized carbons (Fsp3) is 0.526. The van der Waals surface area contributed by atoms with Crippen LogP contribution in [-0.2, 0) is 14.3 Å². The summed E-state index contributed by atoms with van der Waals surface area (Å²) in [5.41, 5.74) is 0.776. The monoisotopic (exact) mass is 395 g/mol. The molecule has 0 aliphatic carbocycles. The van der Waals surface area contributed by atoms with Crippen LogP contribution < -0.4 is 20.1 Å². The number of nitrogens with zero attached hydrogens (tertiary/aromatic N) is 1. The van der Waals surface area contributed by atoms with E-state index < -0.39 is 12.0 Å². The highest BCUT2D eigenvalue weighted by Crippen LogP contribution is 2.29. The quantitative estimate of drug-likeness (QED) is 0.618. The molecule has 0 aliphatic heterocycles. The summed E-state index contributed by atoms with van der Waals surface area (Å²) < 4.78 is 15.2. The number of carbonyl (C=O) groups is 3. The molecule has 0 saturated carbocycles. The van der Waals surface area contributed by atoms with E-state index in [0.29, 0.717) is 18.0 Å². The summed E-state index contributed by atoms with van der Waals surface area (Å²) >= 11 is 0. The third-order valence-corrected chi connectivity index (χ3v) is 3.98. The molecular formula is C19H29N3O6. The van der Waals surface area contributed by atoms with Crippen molar-refractivity contribution in [3.8, 4) is 11.5 Å². The Morgan fingerprint density at radius 3 is 2.32 bits per heavy atom. The van der Waals surface area contributed by atoms with Crippen LogP contribution in [0.5, 0.6) is 11.5 Å². The number of amides is 3. The largest absolute Gasteiger partial charge is 0.497 e. The normalized spacial score (nSPS) is 11.5. The number of methoxy groups -OCH3 is 2. The van der Waals surface area contributed by atoms with Gasteiger partial charge in [-0.05, 0) is 38.6 Å². The van der Waals surface area contributed by atoms with Gasteiger partial charge in [-0.15, -0.1) is 0 Å². The van der Waals surface area contributed by atoms with Crippen molar-refractivity contribution in [2.24, 2.45) is 0 Å². The molecule has 2 N–H and O–H groups in total. The van der Waals surface area contributed by atoms with Crippen LogP contribution in [0.4, 0.5) is 4.79 Å². The Bertz CT molecular complexity index is 680. The van der Waals surface area contributed by atoms with Crippen LogP contribution in [0.1, 0.15) is 32.4 Å². The van der Waals surface area contributed by atoms with Gasteiger partial charge in [-0.25, -0.2) is 4.79 Å². The Morgan fingerprint density at radius 2 is 1.75 bits per heavy atom. The fourth-order valence-electron chi connectivity index (χ4n) is 2.55. The number of benzene rings is 1. The molecule has 1 aromatic rings. The van der Waals surface area contributed by atoms with Gasteiger partial charge in [0.1, 0.15) is 11.5 Å².